The third-order valence-corrected chi connectivity index (χ3v) is 1.61. The first-order chi connectivity index (χ1) is 6.16. The Morgan fingerprint density at radius 3 is 2.38 bits per heavy atom. The third-order valence-electron chi connectivity index (χ3n) is 1.61. The van der Waals surface area contributed by atoms with E-state index in [2.05, 4.69) is 5.32 Å². The topological polar surface area (TPSA) is 98.2 Å². The standard InChI is InChI=1S/C8H17N3O2/c9-6-8(13)11-5-3-1-2-4-7(10)12/h1-6,9H2,(H2,10,12)(H,11,13). The Morgan fingerprint density at radius 2 is 1.85 bits per heavy atom. The van der Waals surface area contributed by atoms with E-state index in [0.717, 1.165) is 19.3 Å². The van der Waals surface area contributed by atoms with Crippen LogP contribution in [0.1, 0.15) is 25.7 Å². The highest BCUT2D eigenvalue weighted by Gasteiger charge is 1.96. The predicted octanol–water partition coefficient (Wildman–Crippen LogP) is -0.893. The molecule has 0 aliphatic heterocycles. The zero-order valence-electron chi connectivity index (χ0n) is 7.71. The van der Waals surface area contributed by atoms with Crippen LogP contribution in [0.5, 0.6) is 0 Å². The number of rotatable bonds is 7. The average molecular weight is 187 g/mol. The maximum atomic E-state index is 10.6. The lowest BCUT2D eigenvalue weighted by Crippen LogP contribution is -2.30. The SMILES string of the molecule is NCC(=O)NCCCCCC(N)=O. The van der Waals surface area contributed by atoms with Gasteiger partial charge in [0.1, 0.15) is 0 Å². The van der Waals surface area contributed by atoms with E-state index in [-0.39, 0.29) is 18.4 Å². The Hall–Kier alpha value is -1.10. The second kappa shape index (κ2) is 7.54. The number of unbranched alkanes of at least 4 members (excludes halogenated alkanes) is 2. The monoisotopic (exact) mass is 187 g/mol. The van der Waals surface area contributed by atoms with Crippen molar-refractivity contribution in [3.63, 3.8) is 0 Å². The van der Waals surface area contributed by atoms with Crippen LogP contribution in [0.25, 0.3) is 0 Å². The van der Waals surface area contributed by atoms with Crippen LogP contribution >= 0.6 is 0 Å². The van der Waals surface area contributed by atoms with Gasteiger partial charge in [0.05, 0.1) is 6.54 Å². The average Bonchev–Trinajstić information content (AvgIpc) is 2.10. The molecule has 13 heavy (non-hydrogen) atoms. The van der Waals surface area contributed by atoms with Gasteiger partial charge < -0.3 is 16.8 Å². The maximum Gasteiger partial charge on any atom is 0.233 e. The highest BCUT2D eigenvalue weighted by Crippen LogP contribution is 1.97. The lowest BCUT2D eigenvalue weighted by molar-refractivity contribution is -0.120. The molecule has 5 N–H and O–H groups in total. The van der Waals surface area contributed by atoms with Crippen molar-refractivity contribution in [1.29, 1.82) is 0 Å². The lowest BCUT2D eigenvalue weighted by Gasteiger charge is -2.02. The highest BCUT2D eigenvalue weighted by atomic mass is 16.2. The first kappa shape index (κ1) is 11.9. The Labute approximate surface area is 77.8 Å². The van der Waals surface area contributed by atoms with E-state index in [1.165, 1.54) is 0 Å². The van der Waals surface area contributed by atoms with Gasteiger partial charge in [-0.1, -0.05) is 6.42 Å². The Bertz CT molecular complexity index is 171. The number of primary amides is 1. The molecule has 2 amide bonds. The van der Waals surface area contributed by atoms with Gasteiger partial charge in [-0.05, 0) is 12.8 Å². The van der Waals surface area contributed by atoms with E-state index in [1.54, 1.807) is 0 Å². The molecule has 5 nitrogen and oxygen atoms in total. The fraction of sp³-hybridized carbons (Fsp3) is 0.750. The Balaban J connectivity index is 3.08. The van der Waals surface area contributed by atoms with Gasteiger partial charge in [0, 0.05) is 13.0 Å². The molecular formula is C8H17N3O2. The molecule has 0 heterocycles. The van der Waals surface area contributed by atoms with E-state index in [0.29, 0.717) is 13.0 Å². The molecule has 0 aliphatic carbocycles. The normalized spacial score (nSPS) is 9.62. The summed E-state index contributed by atoms with van der Waals surface area (Å²) in [5.41, 5.74) is 10.0. The van der Waals surface area contributed by atoms with E-state index in [1.807, 2.05) is 0 Å². The van der Waals surface area contributed by atoms with Crippen LogP contribution in [0.2, 0.25) is 0 Å². The number of nitrogens with one attached hydrogen (secondary N) is 1. The summed E-state index contributed by atoms with van der Waals surface area (Å²) in [6.07, 6.45) is 2.96. The van der Waals surface area contributed by atoms with Gasteiger partial charge >= 0.3 is 0 Å². The molecule has 0 bridgehead atoms. The fourth-order valence-corrected chi connectivity index (χ4v) is 0.901. The first-order valence-corrected chi connectivity index (χ1v) is 4.42. The molecule has 0 spiro atoms. The van der Waals surface area contributed by atoms with Gasteiger partial charge in [0.15, 0.2) is 0 Å². The summed E-state index contributed by atoms with van der Waals surface area (Å²) in [5.74, 6) is -0.416. The van der Waals surface area contributed by atoms with Crippen molar-refractivity contribution in [2.45, 2.75) is 25.7 Å². The van der Waals surface area contributed by atoms with Crippen molar-refractivity contribution in [2.75, 3.05) is 13.1 Å². The minimum absolute atomic E-state index is 0.0291. The van der Waals surface area contributed by atoms with Crippen LogP contribution in [0.4, 0.5) is 0 Å². The summed E-state index contributed by atoms with van der Waals surface area (Å²) in [5, 5.41) is 2.64. The molecule has 76 valence electrons. The summed E-state index contributed by atoms with van der Waals surface area (Å²) in [4.78, 5) is 21.0. The molecule has 0 radical (unpaired) electrons. The van der Waals surface area contributed by atoms with E-state index in [4.69, 9.17) is 11.5 Å². The van der Waals surface area contributed by atoms with Crippen LogP contribution < -0.4 is 16.8 Å². The minimum Gasteiger partial charge on any atom is -0.370 e. The molecule has 0 rings (SSSR count). The largest absolute Gasteiger partial charge is 0.370 e. The molecule has 0 aromatic heterocycles. The summed E-state index contributed by atoms with van der Waals surface area (Å²) >= 11 is 0. The van der Waals surface area contributed by atoms with Gasteiger partial charge in [-0.3, -0.25) is 9.59 Å². The zero-order chi connectivity index (χ0) is 10.1. The number of hydrogen-bond acceptors (Lipinski definition) is 3. The van der Waals surface area contributed by atoms with Gasteiger partial charge in [0.25, 0.3) is 0 Å². The lowest BCUT2D eigenvalue weighted by atomic mass is 10.2. The second-order valence-electron chi connectivity index (χ2n) is 2.83. The molecular weight excluding hydrogens is 170 g/mol. The van der Waals surface area contributed by atoms with Crippen LogP contribution in [-0.4, -0.2) is 24.9 Å². The first-order valence-electron chi connectivity index (χ1n) is 4.42. The van der Waals surface area contributed by atoms with Crippen LogP contribution in [0.15, 0.2) is 0 Å². The molecule has 0 unspecified atom stereocenters. The summed E-state index contributed by atoms with van der Waals surface area (Å²) in [6.45, 7) is 0.649. The van der Waals surface area contributed by atoms with Crippen molar-refractivity contribution in [2.24, 2.45) is 11.5 Å². The number of carbonyl (C=O) groups excluding carboxylic acids is 2. The Morgan fingerprint density at radius 1 is 1.15 bits per heavy atom. The van der Waals surface area contributed by atoms with Crippen LogP contribution in [0, 0.1) is 0 Å². The number of amides is 2. The van der Waals surface area contributed by atoms with Crippen LogP contribution in [-0.2, 0) is 9.59 Å². The van der Waals surface area contributed by atoms with Crippen LogP contribution in [0.3, 0.4) is 0 Å². The van der Waals surface area contributed by atoms with E-state index < -0.39 is 0 Å². The molecule has 0 fully saturated rings. The molecule has 0 aliphatic rings. The summed E-state index contributed by atoms with van der Waals surface area (Å²) in [6, 6.07) is 0. The summed E-state index contributed by atoms with van der Waals surface area (Å²) < 4.78 is 0. The van der Waals surface area contributed by atoms with Crippen molar-refractivity contribution >= 4 is 11.8 Å². The number of carbonyl (C=O) groups is 2. The molecule has 0 saturated heterocycles. The fourth-order valence-electron chi connectivity index (χ4n) is 0.901. The molecule has 0 saturated carbocycles. The molecule has 0 aromatic rings. The van der Waals surface area contributed by atoms with E-state index >= 15 is 0 Å². The van der Waals surface area contributed by atoms with Gasteiger partial charge in [0.2, 0.25) is 11.8 Å². The molecule has 5 heteroatoms. The van der Waals surface area contributed by atoms with Crippen molar-refractivity contribution in [1.82, 2.24) is 5.32 Å². The van der Waals surface area contributed by atoms with Gasteiger partial charge in [-0.25, -0.2) is 0 Å². The predicted molar refractivity (Wildman–Crippen MR) is 49.7 cm³/mol. The van der Waals surface area contributed by atoms with E-state index in [9.17, 15) is 9.59 Å². The van der Waals surface area contributed by atoms with Gasteiger partial charge in [-0.2, -0.15) is 0 Å². The maximum absolute atomic E-state index is 10.6. The number of nitrogens with two attached hydrogens (primary N) is 2. The number of hydrogen-bond donors (Lipinski definition) is 3. The molecule has 0 aromatic carbocycles. The van der Waals surface area contributed by atoms with Crippen molar-refractivity contribution in [3.05, 3.63) is 0 Å². The highest BCUT2D eigenvalue weighted by molar-refractivity contribution is 5.77. The molecule has 0 atom stereocenters. The Kier molecular flexibility index (Phi) is 6.91. The van der Waals surface area contributed by atoms with Crippen molar-refractivity contribution in [3.8, 4) is 0 Å². The minimum atomic E-state index is -0.272. The third kappa shape index (κ3) is 8.81. The smallest absolute Gasteiger partial charge is 0.233 e. The van der Waals surface area contributed by atoms with Gasteiger partial charge in [-0.15, -0.1) is 0 Å². The quantitative estimate of drug-likeness (QED) is 0.451. The van der Waals surface area contributed by atoms with Crippen molar-refractivity contribution < 1.29 is 9.59 Å². The zero-order valence-corrected chi connectivity index (χ0v) is 7.71. The second-order valence-corrected chi connectivity index (χ2v) is 2.83. The summed E-state index contributed by atoms with van der Waals surface area (Å²) in [7, 11) is 0.